The van der Waals surface area contributed by atoms with Crippen molar-refractivity contribution in [2.24, 2.45) is 0 Å². The first-order valence-corrected chi connectivity index (χ1v) is 6.22. The first-order valence-electron chi connectivity index (χ1n) is 6.22. The molecule has 3 aromatic rings. The quantitative estimate of drug-likeness (QED) is 0.432. The smallest absolute Gasteiger partial charge is 0.194 e. The van der Waals surface area contributed by atoms with E-state index in [1.54, 1.807) is 0 Å². The summed E-state index contributed by atoms with van der Waals surface area (Å²) in [6.45, 7) is 0. The molecule has 3 aromatic carbocycles. The van der Waals surface area contributed by atoms with Crippen molar-refractivity contribution < 1.29 is 4.79 Å². The Balaban J connectivity index is 2.28. The molecular formula is C17H9BO. The number of hydrogen-bond acceptors (Lipinski definition) is 1. The molecule has 0 atom stereocenters. The molecule has 0 fully saturated rings. The van der Waals surface area contributed by atoms with Crippen molar-refractivity contribution in [3.8, 4) is 11.1 Å². The van der Waals surface area contributed by atoms with E-state index in [9.17, 15) is 4.79 Å². The zero-order valence-electron chi connectivity index (χ0n) is 10.2. The highest BCUT2D eigenvalue weighted by Crippen LogP contribution is 2.38. The van der Waals surface area contributed by atoms with Gasteiger partial charge in [0.25, 0.3) is 0 Å². The normalized spacial score (nSPS) is 12.5. The predicted octanol–water partition coefficient (Wildman–Crippen LogP) is 2.85. The van der Waals surface area contributed by atoms with E-state index in [1.165, 1.54) is 0 Å². The average Bonchev–Trinajstić information content (AvgIpc) is 2.46. The van der Waals surface area contributed by atoms with Gasteiger partial charge in [0.15, 0.2) is 5.78 Å². The Morgan fingerprint density at radius 3 is 2.26 bits per heavy atom. The second-order valence-electron chi connectivity index (χ2n) is 4.81. The molecule has 0 bridgehead atoms. The average molecular weight is 240 g/mol. The van der Waals surface area contributed by atoms with Crippen LogP contribution >= 0.6 is 0 Å². The van der Waals surface area contributed by atoms with E-state index in [0.717, 1.165) is 33.0 Å². The van der Waals surface area contributed by atoms with Crippen molar-refractivity contribution in [2.45, 2.75) is 0 Å². The molecule has 0 amide bonds. The van der Waals surface area contributed by atoms with Crippen molar-refractivity contribution >= 4 is 29.9 Å². The number of carbonyl (C=O) groups is 1. The third-order valence-electron chi connectivity index (χ3n) is 3.78. The number of fused-ring (bicyclic) bond motifs is 2. The van der Waals surface area contributed by atoms with Crippen LogP contribution in [0, 0.1) is 0 Å². The third kappa shape index (κ3) is 1.29. The van der Waals surface area contributed by atoms with Crippen molar-refractivity contribution in [3.63, 3.8) is 0 Å². The Kier molecular flexibility index (Phi) is 1.99. The Hall–Kier alpha value is -2.35. The second kappa shape index (κ2) is 3.58. The van der Waals surface area contributed by atoms with E-state index < -0.39 is 0 Å². The number of benzene rings is 3. The van der Waals surface area contributed by atoms with Gasteiger partial charge < -0.3 is 0 Å². The molecule has 1 nitrogen and oxygen atoms in total. The molecule has 0 aliphatic heterocycles. The lowest BCUT2D eigenvalue weighted by Gasteiger charge is -2.20. The van der Waals surface area contributed by atoms with Crippen LogP contribution in [-0.2, 0) is 0 Å². The van der Waals surface area contributed by atoms with Crippen LogP contribution < -0.4 is 5.46 Å². The van der Waals surface area contributed by atoms with Crippen molar-refractivity contribution in [3.05, 3.63) is 65.7 Å². The topological polar surface area (TPSA) is 17.1 Å². The van der Waals surface area contributed by atoms with Gasteiger partial charge in [0.1, 0.15) is 7.85 Å². The number of ketones is 1. The summed E-state index contributed by atoms with van der Waals surface area (Å²) >= 11 is 0. The maximum Gasteiger partial charge on any atom is 0.194 e. The lowest BCUT2D eigenvalue weighted by molar-refractivity contribution is 0.104. The molecule has 0 heterocycles. The first kappa shape index (κ1) is 10.6. The van der Waals surface area contributed by atoms with Gasteiger partial charge in [-0.25, -0.2) is 0 Å². The van der Waals surface area contributed by atoms with Gasteiger partial charge in [-0.2, -0.15) is 0 Å². The third-order valence-corrected chi connectivity index (χ3v) is 3.78. The summed E-state index contributed by atoms with van der Waals surface area (Å²) in [7, 11) is 6.03. The lowest BCUT2D eigenvalue weighted by Crippen LogP contribution is -2.13. The Morgan fingerprint density at radius 1 is 0.684 bits per heavy atom. The fourth-order valence-corrected chi connectivity index (χ4v) is 2.90. The van der Waals surface area contributed by atoms with Crippen LogP contribution in [0.4, 0.5) is 0 Å². The summed E-state index contributed by atoms with van der Waals surface area (Å²) in [6, 6.07) is 17.4. The van der Waals surface area contributed by atoms with E-state index in [1.807, 2.05) is 54.6 Å². The van der Waals surface area contributed by atoms with Gasteiger partial charge in [0.05, 0.1) is 0 Å². The van der Waals surface area contributed by atoms with Crippen LogP contribution in [0.1, 0.15) is 15.9 Å². The Bertz CT molecular complexity index is 849. The molecule has 0 spiro atoms. The minimum absolute atomic E-state index is 0.0827. The highest BCUT2D eigenvalue weighted by atomic mass is 16.1. The van der Waals surface area contributed by atoms with Gasteiger partial charge >= 0.3 is 0 Å². The van der Waals surface area contributed by atoms with Crippen LogP contribution in [0.15, 0.2) is 54.6 Å². The highest BCUT2D eigenvalue weighted by Gasteiger charge is 2.24. The zero-order chi connectivity index (χ0) is 13.0. The molecule has 0 aromatic heterocycles. The van der Waals surface area contributed by atoms with Gasteiger partial charge in [-0.3, -0.25) is 4.79 Å². The minimum atomic E-state index is 0.0827. The van der Waals surface area contributed by atoms with Gasteiger partial charge in [-0.05, 0) is 16.5 Å². The van der Waals surface area contributed by atoms with E-state index in [4.69, 9.17) is 7.85 Å². The molecule has 0 N–H and O–H groups in total. The van der Waals surface area contributed by atoms with E-state index in [-0.39, 0.29) is 5.78 Å². The summed E-state index contributed by atoms with van der Waals surface area (Å²) in [5.41, 5.74) is 4.32. The molecule has 4 rings (SSSR count). The molecular weight excluding hydrogens is 231 g/mol. The summed E-state index contributed by atoms with van der Waals surface area (Å²) in [5.74, 6) is 0.0827. The molecule has 86 valence electrons. The Labute approximate surface area is 112 Å². The monoisotopic (exact) mass is 240 g/mol. The number of carbonyl (C=O) groups excluding carboxylic acids is 1. The predicted molar refractivity (Wildman–Crippen MR) is 78.2 cm³/mol. The van der Waals surface area contributed by atoms with Crippen LogP contribution in [0.5, 0.6) is 0 Å². The summed E-state index contributed by atoms with van der Waals surface area (Å²) in [5, 5.41) is 1.93. The standard InChI is InChI=1S/C17H9BO/c18-15-9-8-11-10-4-1-2-5-12(10)17(19)14-7-3-6-13(15)16(11)14/h1-9H. The molecule has 1 aliphatic rings. The summed E-state index contributed by atoms with van der Waals surface area (Å²) < 4.78 is 0. The fourth-order valence-electron chi connectivity index (χ4n) is 2.90. The highest BCUT2D eigenvalue weighted by molar-refractivity contribution is 6.41. The number of hydrogen-bond donors (Lipinski definition) is 0. The number of rotatable bonds is 0. The van der Waals surface area contributed by atoms with Crippen LogP contribution in [0.25, 0.3) is 21.9 Å². The van der Waals surface area contributed by atoms with E-state index in [2.05, 4.69) is 0 Å². The van der Waals surface area contributed by atoms with Gasteiger partial charge in [-0.1, -0.05) is 60.1 Å². The van der Waals surface area contributed by atoms with Crippen LogP contribution in [-0.4, -0.2) is 13.6 Å². The fraction of sp³-hybridized carbons (Fsp3) is 0. The first-order chi connectivity index (χ1) is 9.27. The molecule has 0 unspecified atom stereocenters. The Morgan fingerprint density at radius 2 is 1.42 bits per heavy atom. The SMILES string of the molecule is [B]c1ccc2c3c(cccc13)C(=O)c1ccccc1-2. The minimum Gasteiger partial charge on any atom is -0.289 e. The summed E-state index contributed by atoms with van der Waals surface area (Å²) in [6.07, 6.45) is 0. The van der Waals surface area contributed by atoms with E-state index >= 15 is 0 Å². The van der Waals surface area contributed by atoms with Gasteiger partial charge in [-0.15, -0.1) is 0 Å². The van der Waals surface area contributed by atoms with Crippen LogP contribution in [0.3, 0.4) is 0 Å². The zero-order valence-corrected chi connectivity index (χ0v) is 10.2. The van der Waals surface area contributed by atoms with Gasteiger partial charge in [0.2, 0.25) is 0 Å². The molecule has 0 saturated heterocycles. The van der Waals surface area contributed by atoms with Crippen molar-refractivity contribution in [2.75, 3.05) is 0 Å². The molecule has 19 heavy (non-hydrogen) atoms. The van der Waals surface area contributed by atoms with Crippen molar-refractivity contribution in [1.82, 2.24) is 0 Å². The van der Waals surface area contributed by atoms with Crippen molar-refractivity contribution in [1.29, 1.82) is 0 Å². The molecule has 2 heteroatoms. The maximum atomic E-state index is 12.6. The lowest BCUT2D eigenvalue weighted by atomic mass is 9.79. The summed E-state index contributed by atoms with van der Waals surface area (Å²) in [4.78, 5) is 12.6. The van der Waals surface area contributed by atoms with Gasteiger partial charge in [0, 0.05) is 16.5 Å². The molecule has 0 saturated carbocycles. The van der Waals surface area contributed by atoms with Crippen LogP contribution in [0.2, 0.25) is 0 Å². The molecule has 2 radical (unpaired) electrons. The molecule has 1 aliphatic carbocycles. The van der Waals surface area contributed by atoms with E-state index in [0.29, 0.717) is 5.46 Å². The maximum absolute atomic E-state index is 12.6. The largest absolute Gasteiger partial charge is 0.289 e. The second-order valence-corrected chi connectivity index (χ2v) is 4.81.